The van der Waals surface area contributed by atoms with E-state index in [-0.39, 0.29) is 0 Å². The van der Waals surface area contributed by atoms with Gasteiger partial charge in [-0.25, -0.2) is 0 Å². The molecule has 0 aromatic carbocycles. The van der Waals surface area contributed by atoms with Crippen molar-refractivity contribution in [1.29, 1.82) is 0 Å². The van der Waals surface area contributed by atoms with Crippen LogP contribution in [0.4, 0.5) is 0 Å². The SMILES string of the molecule is CCCCCCCCCCCCCCCN1C=CN(CC)C1. The van der Waals surface area contributed by atoms with Gasteiger partial charge < -0.3 is 9.80 Å². The molecule has 0 atom stereocenters. The van der Waals surface area contributed by atoms with Gasteiger partial charge in [-0.05, 0) is 13.3 Å². The average Bonchev–Trinajstić information content (AvgIpc) is 3.00. The second kappa shape index (κ2) is 14.0. The number of unbranched alkanes of at least 4 members (excludes halogenated alkanes) is 12. The fraction of sp³-hybridized carbons (Fsp3) is 0.900. The van der Waals surface area contributed by atoms with E-state index in [0.717, 1.165) is 13.2 Å². The molecule has 1 aliphatic heterocycles. The van der Waals surface area contributed by atoms with E-state index in [1.165, 1.54) is 90.0 Å². The van der Waals surface area contributed by atoms with E-state index in [9.17, 15) is 0 Å². The smallest absolute Gasteiger partial charge is 0.0893 e. The summed E-state index contributed by atoms with van der Waals surface area (Å²) in [6.45, 7) is 7.99. The fourth-order valence-corrected chi connectivity index (χ4v) is 3.20. The highest BCUT2D eigenvalue weighted by molar-refractivity contribution is 4.89. The van der Waals surface area contributed by atoms with Crippen molar-refractivity contribution in [1.82, 2.24) is 9.80 Å². The summed E-state index contributed by atoms with van der Waals surface area (Å²) in [5.41, 5.74) is 0. The summed E-state index contributed by atoms with van der Waals surface area (Å²) in [4.78, 5) is 4.81. The quantitative estimate of drug-likeness (QED) is 0.335. The zero-order chi connectivity index (χ0) is 15.9. The van der Waals surface area contributed by atoms with Crippen LogP contribution in [-0.4, -0.2) is 29.6 Å². The van der Waals surface area contributed by atoms with Gasteiger partial charge in [0.1, 0.15) is 0 Å². The normalized spacial score (nSPS) is 14.3. The van der Waals surface area contributed by atoms with Gasteiger partial charge in [0.25, 0.3) is 0 Å². The third-order valence-electron chi connectivity index (χ3n) is 4.81. The van der Waals surface area contributed by atoms with Crippen LogP contribution in [0.15, 0.2) is 12.4 Å². The summed E-state index contributed by atoms with van der Waals surface area (Å²) in [6, 6.07) is 0. The van der Waals surface area contributed by atoms with E-state index in [2.05, 4.69) is 36.0 Å². The summed E-state index contributed by atoms with van der Waals surface area (Å²) in [5.74, 6) is 0. The molecule has 0 aromatic heterocycles. The molecule has 1 aliphatic rings. The number of nitrogens with zero attached hydrogens (tertiary/aromatic N) is 2. The Morgan fingerprint density at radius 3 is 1.50 bits per heavy atom. The Kier molecular flexibility index (Phi) is 12.3. The maximum absolute atomic E-state index is 2.45. The first-order valence-electron chi connectivity index (χ1n) is 10.0. The van der Waals surface area contributed by atoms with Gasteiger partial charge in [-0.2, -0.15) is 0 Å². The molecule has 1 heterocycles. The highest BCUT2D eigenvalue weighted by Crippen LogP contribution is 2.13. The van der Waals surface area contributed by atoms with Crippen molar-refractivity contribution in [3.63, 3.8) is 0 Å². The number of hydrogen-bond acceptors (Lipinski definition) is 2. The second-order valence-corrected chi connectivity index (χ2v) is 6.90. The lowest BCUT2D eigenvalue weighted by Gasteiger charge is -2.19. The van der Waals surface area contributed by atoms with E-state index >= 15 is 0 Å². The first-order chi connectivity index (χ1) is 10.9. The lowest BCUT2D eigenvalue weighted by Crippen LogP contribution is -2.25. The molecule has 22 heavy (non-hydrogen) atoms. The van der Waals surface area contributed by atoms with Crippen LogP contribution in [0.25, 0.3) is 0 Å². The van der Waals surface area contributed by atoms with Crippen LogP contribution in [0.2, 0.25) is 0 Å². The fourth-order valence-electron chi connectivity index (χ4n) is 3.20. The van der Waals surface area contributed by atoms with Crippen molar-refractivity contribution in [3.05, 3.63) is 12.4 Å². The van der Waals surface area contributed by atoms with E-state index in [4.69, 9.17) is 0 Å². The van der Waals surface area contributed by atoms with Crippen LogP contribution < -0.4 is 0 Å². The third-order valence-corrected chi connectivity index (χ3v) is 4.81. The predicted octanol–water partition coefficient (Wildman–Crippen LogP) is 6.14. The van der Waals surface area contributed by atoms with Gasteiger partial charge in [0.2, 0.25) is 0 Å². The molecule has 0 amide bonds. The maximum Gasteiger partial charge on any atom is 0.0893 e. The topological polar surface area (TPSA) is 6.48 Å². The van der Waals surface area contributed by atoms with Crippen LogP contribution in [0.5, 0.6) is 0 Å². The molecule has 2 nitrogen and oxygen atoms in total. The lowest BCUT2D eigenvalue weighted by atomic mass is 10.0. The highest BCUT2D eigenvalue weighted by Gasteiger charge is 2.08. The predicted molar refractivity (Wildman–Crippen MR) is 98.8 cm³/mol. The Morgan fingerprint density at radius 1 is 0.591 bits per heavy atom. The van der Waals surface area contributed by atoms with Crippen molar-refractivity contribution in [2.45, 2.75) is 97.3 Å². The largest absolute Gasteiger partial charge is 0.359 e. The molecule has 0 spiro atoms. The molecule has 0 aromatic rings. The van der Waals surface area contributed by atoms with Crippen molar-refractivity contribution in [2.24, 2.45) is 0 Å². The molecule has 0 saturated carbocycles. The molecule has 0 aliphatic carbocycles. The molecular weight excluding hydrogens is 268 g/mol. The minimum absolute atomic E-state index is 1.11. The molecule has 0 radical (unpaired) electrons. The number of rotatable bonds is 15. The van der Waals surface area contributed by atoms with Gasteiger partial charge >= 0.3 is 0 Å². The van der Waals surface area contributed by atoms with Gasteiger partial charge in [0.15, 0.2) is 0 Å². The van der Waals surface area contributed by atoms with Gasteiger partial charge in [0, 0.05) is 25.5 Å². The summed E-state index contributed by atoms with van der Waals surface area (Å²) in [5, 5.41) is 0. The minimum atomic E-state index is 1.11. The molecule has 130 valence electrons. The van der Waals surface area contributed by atoms with E-state index in [1.807, 2.05) is 0 Å². The van der Waals surface area contributed by atoms with E-state index in [1.54, 1.807) is 0 Å². The Hall–Kier alpha value is -0.660. The third kappa shape index (κ3) is 10.1. The Labute approximate surface area is 139 Å². The molecule has 0 saturated heterocycles. The summed E-state index contributed by atoms with van der Waals surface area (Å²) >= 11 is 0. The van der Waals surface area contributed by atoms with Crippen LogP contribution >= 0.6 is 0 Å². The molecule has 0 fully saturated rings. The summed E-state index contributed by atoms with van der Waals surface area (Å²) in [6.07, 6.45) is 23.2. The monoisotopic (exact) mass is 308 g/mol. The summed E-state index contributed by atoms with van der Waals surface area (Å²) < 4.78 is 0. The molecule has 0 bridgehead atoms. The Bertz CT molecular complexity index is 262. The van der Waals surface area contributed by atoms with Crippen molar-refractivity contribution in [3.8, 4) is 0 Å². The zero-order valence-electron chi connectivity index (χ0n) is 15.4. The van der Waals surface area contributed by atoms with Crippen LogP contribution in [0.1, 0.15) is 97.3 Å². The summed E-state index contributed by atoms with van der Waals surface area (Å²) in [7, 11) is 0. The van der Waals surface area contributed by atoms with E-state index in [0.29, 0.717) is 0 Å². The van der Waals surface area contributed by atoms with Crippen LogP contribution in [-0.2, 0) is 0 Å². The number of hydrogen-bond donors (Lipinski definition) is 0. The highest BCUT2D eigenvalue weighted by atomic mass is 15.3. The molecule has 2 heteroatoms. The van der Waals surface area contributed by atoms with Crippen LogP contribution in [0, 0.1) is 0 Å². The second-order valence-electron chi connectivity index (χ2n) is 6.90. The van der Waals surface area contributed by atoms with Gasteiger partial charge in [-0.15, -0.1) is 0 Å². The van der Waals surface area contributed by atoms with Gasteiger partial charge in [0.05, 0.1) is 6.67 Å². The van der Waals surface area contributed by atoms with Gasteiger partial charge in [-0.1, -0.05) is 84.0 Å². The lowest BCUT2D eigenvalue weighted by molar-refractivity contribution is 0.268. The first-order valence-corrected chi connectivity index (χ1v) is 10.0. The maximum atomic E-state index is 2.45. The van der Waals surface area contributed by atoms with E-state index < -0.39 is 0 Å². The first kappa shape index (κ1) is 19.4. The molecule has 1 rings (SSSR count). The Balaban J connectivity index is 1.73. The average molecular weight is 309 g/mol. The molecular formula is C20H40N2. The minimum Gasteiger partial charge on any atom is -0.359 e. The van der Waals surface area contributed by atoms with Crippen molar-refractivity contribution >= 4 is 0 Å². The Morgan fingerprint density at radius 2 is 1.05 bits per heavy atom. The van der Waals surface area contributed by atoms with Crippen LogP contribution in [0.3, 0.4) is 0 Å². The standard InChI is InChI=1S/C20H40N2/c1-3-5-6-7-8-9-10-11-12-13-14-15-16-17-22-19-18-21(4-2)20-22/h18-19H,3-17,20H2,1-2H3. The van der Waals surface area contributed by atoms with Gasteiger partial charge in [-0.3, -0.25) is 0 Å². The van der Waals surface area contributed by atoms with Crippen molar-refractivity contribution in [2.75, 3.05) is 19.8 Å². The van der Waals surface area contributed by atoms with Crippen molar-refractivity contribution < 1.29 is 0 Å². The molecule has 0 N–H and O–H groups in total. The zero-order valence-corrected chi connectivity index (χ0v) is 15.4. The molecule has 0 unspecified atom stereocenters.